The second kappa shape index (κ2) is 9.82. The number of nitrogens with zero attached hydrogens (tertiary/aromatic N) is 4. The molecule has 1 aromatic rings. The van der Waals surface area contributed by atoms with Crippen molar-refractivity contribution < 1.29 is 14.3 Å². The number of piperazine rings is 1. The Labute approximate surface area is 161 Å². The Balaban J connectivity index is 1.43. The maximum absolute atomic E-state index is 12.7. The largest absolute Gasteiger partial charge is 0.378 e. The highest BCUT2D eigenvalue weighted by Gasteiger charge is 2.25. The summed E-state index contributed by atoms with van der Waals surface area (Å²) in [4.78, 5) is 33.2. The van der Waals surface area contributed by atoms with Crippen LogP contribution in [0.2, 0.25) is 0 Å². The summed E-state index contributed by atoms with van der Waals surface area (Å²) >= 11 is 0. The molecule has 0 atom stereocenters. The topological polar surface area (TPSA) is 56.3 Å². The number of amides is 2. The second-order valence-corrected chi connectivity index (χ2v) is 7.02. The molecule has 2 saturated heterocycles. The number of ether oxygens (including phenoxy) is 1. The van der Waals surface area contributed by atoms with Gasteiger partial charge in [-0.3, -0.25) is 19.4 Å². The van der Waals surface area contributed by atoms with Gasteiger partial charge in [-0.15, -0.1) is 0 Å². The molecule has 0 radical (unpaired) electrons. The Bertz CT molecular complexity index is 611. The Morgan fingerprint density at radius 3 is 2.11 bits per heavy atom. The van der Waals surface area contributed by atoms with Gasteiger partial charge in [0.2, 0.25) is 11.8 Å². The van der Waals surface area contributed by atoms with E-state index in [0.717, 1.165) is 31.9 Å². The molecular weight excluding hydrogens is 344 g/mol. The molecule has 0 aliphatic carbocycles. The minimum absolute atomic E-state index is 0.126. The Hall–Kier alpha value is -1.96. The van der Waals surface area contributed by atoms with Crippen LogP contribution in [0.3, 0.4) is 0 Å². The van der Waals surface area contributed by atoms with E-state index in [-0.39, 0.29) is 11.8 Å². The van der Waals surface area contributed by atoms with Gasteiger partial charge in [0.1, 0.15) is 0 Å². The molecule has 0 bridgehead atoms. The third-order valence-corrected chi connectivity index (χ3v) is 5.23. The fourth-order valence-corrected chi connectivity index (χ4v) is 3.60. The number of hydrogen-bond donors (Lipinski definition) is 0. The summed E-state index contributed by atoms with van der Waals surface area (Å²) in [6.07, 6.45) is 0. The van der Waals surface area contributed by atoms with Gasteiger partial charge in [0.05, 0.1) is 26.3 Å². The van der Waals surface area contributed by atoms with Gasteiger partial charge in [-0.25, -0.2) is 0 Å². The molecule has 0 aromatic heterocycles. The number of carbonyl (C=O) groups is 2. The number of carbonyl (C=O) groups excluding carboxylic acids is 2. The Morgan fingerprint density at radius 1 is 0.926 bits per heavy atom. The number of rotatable bonds is 6. The standard InChI is InChI=1S/C20H30N4O3/c1-2-24(18-6-4-3-5-7-18)20(26)17-22-10-8-21(9-11-22)16-19(25)23-12-14-27-15-13-23/h3-7H,2,8-17H2,1H3. The molecule has 2 amide bonds. The van der Waals surface area contributed by atoms with Crippen molar-refractivity contribution in [2.24, 2.45) is 0 Å². The summed E-state index contributed by atoms with van der Waals surface area (Å²) in [6, 6.07) is 9.80. The van der Waals surface area contributed by atoms with E-state index in [9.17, 15) is 9.59 Å². The second-order valence-electron chi connectivity index (χ2n) is 7.02. The van der Waals surface area contributed by atoms with Crippen LogP contribution in [0.4, 0.5) is 5.69 Å². The Morgan fingerprint density at radius 2 is 1.52 bits per heavy atom. The van der Waals surface area contributed by atoms with Crippen LogP contribution in [-0.2, 0) is 14.3 Å². The van der Waals surface area contributed by atoms with Crippen LogP contribution in [0.5, 0.6) is 0 Å². The highest BCUT2D eigenvalue weighted by Crippen LogP contribution is 2.14. The molecule has 27 heavy (non-hydrogen) atoms. The SMILES string of the molecule is CCN(C(=O)CN1CCN(CC(=O)N2CCOCC2)CC1)c1ccccc1. The van der Waals surface area contributed by atoms with Gasteiger partial charge in [-0.2, -0.15) is 0 Å². The average Bonchev–Trinajstić information content (AvgIpc) is 2.71. The molecule has 0 unspecified atom stereocenters. The van der Waals surface area contributed by atoms with E-state index in [2.05, 4.69) is 9.80 Å². The number of likely N-dealkylation sites (N-methyl/N-ethyl adjacent to an activating group) is 1. The third-order valence-electron chi connectivity index (χ3n) is 5.23. The molecule has 0 spiro atoms. The lowest BCUT2D eigenvalue weighted by Gasteiger charge is -2.36. The summed E-state index contributed by atoms with van der Waals surface area (Å²) in [5, 5.41) is 0. The number of benzene rings is 1. The smallest absolute Gasteiger partial charge is 0.241 e. The van der Waals surface area contributed by atoms with Crippen molar-refractivity contribution in [2.75, 3.05) is 77.0 Å². The number of hydrogen-bond acceptors (Lipinski definition) is 5. The van der Waals surface area contributed by atoms with Gasteiger partial charge < -0.3 is 14.5 Å². The molecule has 7 heteroatoms. The van der Waals surface area contributed by atoms with Crippen LogP contribution < -0.4 is 4.90 Å². The summed E-state index contributed by atoms with van der Waals surface area (Å²) < 4.78 is 5.30. The van der Waals surface area contributed by atoms with Crippen LogP contribution in [-0.4, -0.2) is 98.6 Å². The monoisotopic (exact) mass is 374 g/mol. The maximum atomic E-state index is 12.7. The molecule has 2 heterocycles. The highest BCUT2D eigenvalue weighted by atomic mass is 16.5. The van der Waals surface area contributed by atoms with E-state index in [1.54, 1.807) is 0 Å². The number of para-hydroxylation sites is 1. The Kier molecular flexibility index (Phi) is 7.20. The van der Waals surface area contributed by atoms with Crippen molar-refractivity contribution >= 4 is 17.5 Å². The zero-order chi connectivity index (χ0) is 19.1. The molecule has 2 fully saturated rings. The zero-order valence-corrected chi connectivity index (χ0v) is 16.2. The molecule has 7 nitrogen and oxygen atoms in total. The summed E-state index contributed by atoms with van der Waals surface area (Å²) in [6.45, 7) is 9.48. The van der Waals surface area contributed by atoms with Gasteiger partial charge >= 0.3 is 0 Å². The van der Waals surface area contributed by atoms with Crippen molar-refractivity contribution in [1.29, 1.82) is 0 Å². The zero-order valence-electron chi connectivity index (χ0n) is 16.2. The van der Waals surface area contributed by atoms with Gasteiger partial charge in [0.15, 0.2) is 0 Å². The van der Waals surface area contributed by atoms with E-state index >= 15 is 0 Å². The van der Waals surface area contributed by atoms with Crippen LogP contribution in [0.25, 0.3) is 0 Å². The first-order chi connectivity index (χ1) is 13.2. The maximum Gasteiger partial charge on any atom is 0.241 e. The molecule has 0 saturated carbocycles. The van der Waals surface area contributed by atoms with Gasteiger partial charge in [0.25, 0.3) is 0 Å². The molecule has 3 rings (SSSR count). The minimum atomic E-state index is 0.126. The van der Waals surface area contributed by atoms with Crippen LogP contribution >= 0.6 is 0 Å². The van der Waals surface area contributed by atoms with Crippen LogP contribution in [0.1, 0.15) is 6.92 Å². The fourth-order valence-electron chi connectivity index (χ4n) is 3.60. The van der Waals surface area contributed by atoms with Crippen LogP contribution in [0, 0.1) is 0 Å². The first kappa shape index (κ1) is 19.8. The van der Waals surface area contributed by atoms with Crippen molar-refractivity contribution in [1.82, 2.24) is 14.7 Å². The average molecular weight is 374 g/mol. The van der Waals surface area contributed by atoms with Gasteiger partial charge in [0, 0.05) is 51.5 Å². The molecule has 1 aromatic carbocycles. The number of anilines is 1. The minimum Gasteiger partial charge on any atom is -0.378 e. The first-order valence-corrected chi connectivity index (χ1v) is 9.83. The molecule has 148 valence electrons. The van der Waals surface area contributed by atoms with Crippen molar-refractivity contribution in [3.8, 4) is 0 Å². The predicted molar refractivity (Wildman–Crippen MR) is 105 cm³/mol. The lowest BCUT2D eigenvalue weighted by Crippen LogP contribution is -2.53. The van der Waals surface area contributed by atoms with E-state index in [1.807, 2.05) is 47.1 Å². The lowest BCUT2D eigenvalue weighted by molar-refractivity contribution is -0.137. The summed E-state index contributed by atoms with van der Waals surface area (Å²) in [7, 11) is 0. The highest BCUT2D eigenvalue weighted by molar-refractivity contribution is 5.94. The van der Waals surface area contributed by atoms with E-state index in [1.165, 1.54) is 0 Å². The predicted octanol–water partition coefficient (Wildman–Crippen LogP) is 0.516. The summed E-state index contributed by atoms with van der Waals surface area (Å²) in [5.74, 6) is 0.311. The van der Waals surface area contributed by atoms with Gasteiger partial charge in [-0.05, 0) is 19.1 Å². The van der Waals surface area contributed by atoms with Crippen molar-refractivity contribution in [3.05, 3.63) is 30.3 Å². The molecule has 2 aliphatic rings. The van der Waals surface area contributed by atoms with Crippen molar-refractivity contribution in [3.63, 3.8) is 0 Å². The normalized spacial score (nSPS) is 19.1. The molecule has 2 aliphatic heterocycles. The molecular formula is C20H30N4O3. The van der Waals surface area contributed by atoms with E-state index in [4.69, 9.17) is 4.74 Å². The molecule has 0 N–H and O–H groups in total. The number of morpholine rings is 1. The lowest BCUT2D eigenvalue weighted by atomic mass is 10.2. The third kappa shape index (κ3) is 5.51. The van der Waals surface area contributed by atoms with Crippen molar-refractivity contribution in [2.45, 2.75) is 6.92 Å². The van der Waals surface area contributed by atoms with E-state index in [0.29, 0.717) is 45.9 Å². The van der Waals surface area contributed by atoms with Gasteiger partial charge in [-0.1, -0.05) is 18.2 Å². The fraction of sp³-hybridized carbons (Fsp3) is 0.600. The van der Waals surface area contributed by atoms with Crippen LogP contribution in [0.15, 0.2) is 30.3 Å². The first-order valence-electron chi connectivity index (χ1n) is 9.83. The summed E-state index contributed by atoms with van der Waals surface area (Å²) in [5.41, 5.74) is 0.944. The van der Waals surface area contributed by atoms with E-state index < -0.39 is 0 Å². The quantitative estimate of drug-likeness (QED) is 0.727.